The molecule has 1 aliphatic rings. The average Bonchev–Trinajstić information content (AvgIpc) is 3.03. The molecule has 1 aliphatic heterocycles. The van der Waals surface area contributed by atoms with Gasteiger partial charge >= 0.3 is 0 Å². The highest BCUT2D eigenvalue weighted by Crippen LogP contribution is 2.38. The minimum atomic E-state index is 0.0221. The Morgan fingerprint density at radius 1 is 1.22 bits per heavy atom. The maximum Gasteiger partial charge on any atom is 0.222 e. The first-order valence-corrected chi connectivity index (χ1v) is 7.78. The summed E-state index contributed by atoms with van der Waals surface area (Å²) < 4.78 is 0. The molecule has 4 N–H and O–H groups in total. The number of nitriles is 1. The van der Waals surface area contributed by atoms with Crippen LogP contribution in [0, 0.1) is 18.3 Å². The largest absolute Gasteiger partial charge is 0.382 e. The Hall–Kier alpha value is -2.52. The van der Waals surface area contributed by atoms with Crippen LogP contribution in [0.15, 0.2) is 12.1 Å². The lowest BCUT2D eigenvalue weighted by Gasteiger charge is -2.22. The lowest BCUT2D eigenvalue weighted by Crippen LogP contribution is -2.18. The van der Waals surface area contributed by atoms with E-state index < -0.39 is 0 Å². The molecule has 6 nitrogen and oxygen atoms in total. The number of halogens is 1. The standard InChI is InChI=1S/C16H17ClN6/c1-9-12(23-6-2-3-7-23)5-4-10(13(9)17)14-11(8-18)15(19)22-16(20)21-14/h4-5H,2-3,6-7H2,1H3,(H4,19,20,21,22). The number of nitrogen functional groups attached to an aromatic ring is 2. The van der Waals surface area contributed by atoms with E-state index in [0.29, 0.717) is 16.3 Å². The molecule has 0 aliphatic carbocycles. The molecule has 0 spiro atoms. The van der Waals surface area contributed by atoms with Gasteiger partial charge in [0.15, 0.2) is 0 Å². The minimum Gasteiger partial charge on any atom is -0.382 e. The summed E-state index contributed by atoms with van der Waals surface area (Å²) in [5.41, 5.74) is 14.7. The summed E-state index contributed by atoms with van der Waals surface area (Å²) in [4.78, 5) is 10.3. The lowest BCUT2D eigenvalue weighted by atomic mass is 10.0. The van der Waals surface area contributed by atoms with Crippen molar-refractivity contribution >= 4 is 29.1 Å². The van der Waals surface area contributed by atoms with E-state index in [0.717, 1.165) is 24.3 Å². The van der Waals surface area contributed by atoms with Crippen LogP contribution < -0.4 is 16.4 Å². The lowest BCUT2D eigenvalue weighted by molar-refractivity contribution is 0.949. The van der Waals surface area contributed by atoms with E-state index >= 15 is 0 Å². The summed E-state index contributed by atoms with van der Waals surface area (Å²) in [7, 11) is 0. The molecule has 0 saturated carbocycles. The van der Waals surface area contributed by atoms with Crippen LogP contribution in [0.4, 0.5) is 17.5 Å². The second-order valence-corrected chi connectivity index (χ2v) is 5.95. The number of hydrogen-bond acceptors (Lipinski definition) is 6. The van der Waals surface area contributed by atoms with Crippen molar-refractivity contribution in [2.75, 3.05) is 29.5 Å². The number of nitrogens with two attached hydrogens (primary N) is 2. The molecule has 2 aromatic rings. The third-order valence-electron chi connectivity index (χ3n) is 4.13. The van der Waals surface area contributed by atoms with Crippen LogP contribution in [0.3, 0.4) is 0 Å². The zero-order chi connectivity index (χ0) is 16.6. The topological polar surface area (TPSA) is 105 Å². The van der Waals surface area contributed by atoms with Gasteiger partial charge in [-0.25, -0.2) is 4.98 Å². The Labute approximate surface area is 139 Å². The summed E-state index contributed by atoms with van der Waals surface area (Å²) in [5, 5.41) is 9.90. The first-order chi connectivity index (χ1) is 11.0. The Morgan fingerprint density at radius 2 is 1.91 bits per heavy atom. The summed E-state index contributed by atoms with van der Waals surface area (Å²) in [6.45, 7) is 4.04. The fraction of sp³-hybridized carbons (Fsp3) is 0.312. The molecule has 0 unspecified atom stereocenters. The van der Waals surface area contributed by atoms with E-state index in [1.54, 1.807) is 0 Å². The fourth-order valence-electron chi connectivity index (χ4n) is 2.96. The number of anilines is 3. The maximum atomic E-state index is 9.34. The van der Waals surface area contributed by atoms with Crippen LogP contribution in [0.25, 0.3) is 11.3 Å². The van der Waals surface area contributed by atoms with Gasteiger partial charge in [0.1, 0.15) is 17.5 Å². The first-order valence-electron chi connectivity index (χ1n) is 7.40. The highest BCUT2D eigenvalue weighted by molar-refractivity contribution is 6.34. The minimum absolute atomic E-state index is 0.0221. The SMILES string of the molecule is Cc1c(N2CCCC2)ccc(-c2nc(N)nc(N)c2C#N)c1Cl. The number of benzene rings is 1. The predicted octanol–water partition coefficient (Wildman–Crippen LogP) is 2.74. The van der Waals surface area contributed by atoms with E-state index in [1.165, 1.54) is 12.8 Å². The maximum absolute atomic E-state index is 9.34. The van der Waals surface area contributed by atoms with Gasteiger partial charge in [-0.2, -0.15) is 10.2 Å². The molecule has 118 valence electrons. The first kappa shape index (κ1) is 15.4. The molecule has 1 aromatic carbocycles. The molecule has 7 heteroatoms. The molecular formula is C16H17ClN6. The molecule has 23 heavy (non-hydrogen) atoms. The molecule has 1 aromatic heterocycles. The van der Waals surface area contributed by atoms with Crippen molar-refractivity contribution in [3.05, 3.63) is 28.3 Å². The Kier molecular flexibility index (Phi) is 3.97. The Balaban J connectivity index is 2.15. The van der Waals surface area contributed by atoms with Crippen molar-refractivity contribution in [2.24, 2.45) is 0 Å². The van der Waals surface area contributed by atoms with Crippen molar-refractivity contribution in [2.45, 2.75) is 19.8 Å². The molecule has 0 bridgehead atoms. The van der Waals surface area contributed by atoms with Gasteiger partial charge in [-0.15, -0.1) is 0 Å². The summed E-state index contributed by atoms with van der Waals surface area (Å²) in [5.74, 6) is 0.0844. The molecule has 1 fully saturated rings. The number of hydrogen-bond donors (Lipinski definition) is 2. The van der Waals surface area contributed by atoms with Gasteiger partial charge in [-0.05, 0) is 37.5 Å². The van der Waals surface area contributed by atoms with E-state index in [9.17, 15) is 5.26 Å². The van der Waals surface area contributed by atoms with Gasteiger partial charge in [0.05, 0.1) is 10.7 Å². The molecule has 0 atom stereocenters. The van der Waals surface area contributed by atoms with Gasteiger partial charge in [0, 0.05) is 24.3 Å². The van der Waals surface area contributed by atoms with Gasteiger partial charge in [0.25, 0.3) is 0 Å². The fourth-order valence-corrected chi connectivity index (χ4v) is 3.21. The van der Waals surface area contributed by atoms with Crippen molar-refractivity contribution in [1.29, 1.82) is 5.26 Å². The number of rotatable bonds is 2. The summed E-state index contributed by atoms with van der Waals surface area (Å²) in [6, 6.07) is 5.91. The number of aromatic nitrogens is 2. The van der Waals surface area contributed by atoms with Crippen LogP contribution in [0.1, 0.15) is 24.0 Å². The van der Waals surface area contributed by atoms with Crippen LogP contribution in [-0.2, 0) is 0 Å². The third kappa shape index (κ3) is 2.64. The predicted molar refractivity (Wildman–Crippen MR) is 92.2 cm³/mol. The molecular weight excluding hydrogens is 312 g/mol. The second kappa shape index (κ2) is 5.94. The van der Waals surface area contributed by atoms with E-state index in [-0.39, 0.29) is 17.3 Å². The summed E-state index contributed by atoms with van der Waals surface area (Å²) >= 11 is 6.57. The highest BCUT2D eigenvalue weighted by atomic mass is 35.5. The van der Waals surface area contributed by atoms with E-state index in [4.69, 9.17) is 23.1 Å². The normalized spacial score (nSPS) is 14.0. The van der Waals surface area contributed by atoms with Gasteiger partial charge in [0.2, 0.25) is 5.95 Å². The average molecular weight is 329 g/mol. The third-order valence-corrected chi connectivity index (χ3v) is 4.61. The highest BCUT2D eigenvalue weighted by Gasteiger charge is 2.21. The quantitative estimate of drug-likeness (QED) is 0.878. The van der Waals surface area contributed by atoms with Crippen LogP contribution >= 0.6 is 11.6 Å². The zero-order valence-corrected chi connectivity index (χ0v) is 13.6. The van der Waals surface area contributed by atoms with Crippen molar-refractivity contribution in [1.82, 2.24) is 9.97 Å². The van der Waals surface area contributed by atoms with Crippen LogP contribution in [0.2, 0.25) is 5.02 Å². The number of nitrogens with zero attached hydrogens (tertiary/aromatic N) is 4. The van der Waals surface area contributed by atoms with Crippen molar-refractivity contribution in [3.8, 4) is 17.3 Å². The van der Waals surface area contributed by atoms with Gasteiger partial charge in [-0.3, -0.25) is 0 Å². The Morgan fingerprint density at radius 3 is 2.57 bits per heavy atom. The van der Waals surface area contributed by atoms with E-state index in [2.05, 4.69) is 14.9 Å². The van der Waals surface area contributed by atoms with Crippen molar-refractivity contribution < 1.29 is 0 Å². The molecule has 0 radical (unpaired) electrons. The van der Waals surface area contributed by atoms with Gasteiger partial charge < -0.3 is 16.4 Å². The van der Waals surface area contributed by atoms with Gasteiger partial charge in [-0.1, -0.05) is 11.6 Å². The van der Waals surface area contributed by atoms with Crippen LogP contribution in [0.5, 0.6) is 0 Å². The summed E-state index contributed by atoms with van der Waals surface area (Å²) in [6.07, 6.45) is 2.38. The molecule has 3 rings (SSSR count). The zero-order valence-electron chi connectivity index (χ0n) is 12.8. The molecule has 2 heterocycles. The smallest absolute Gasteiger partial charge is 0.222 e. The van der Waals surface area contributed by atoms with Crippen molar-refractivity contribution in [3.63, 3.8) is 0 Å². The molecule has 1 saturated heterocycles. The van der Waals surface area contributed by atoms with Crippen LogP contribution in [-0.4, -0.2) is 23.1 Å². The Bertz CT molecular complexity index is 805. The second-order valence-electron chi connectivity index (χ2n) is 5.57. The monoisotopic (exact) mass is 328 g/mol. The van der Waals surface area contributed by atoms with E-state index in [1.807, 2.05) is 25.1 Å². The molecule has 0 amide bonds.